The zero-order valence-corrected chi connectivity index (χ0v) is 18.0. The molecule has 1 N–H and O–H groups in total. The van der Waals surface area contributed by atoms with E-state index in [4.69, 9.17) is 16.3 Å². The van der Waals surface area contributed by atoms with Crippen LogP contribution in [-0.2, 0) is 14.8 Å². The van der Waals surface area contributed by atoms with Gasteiger partial charge in [-0.2, -0.15) is 0 Å². The Morgan fingerprint density at radius 1 is 1.21 bits per heavy atom. The second-order valence-corrected chi connectivity index (χ2v) is 8.82. The highest BCUT2D eigenvalue weighted by atomic mass is 35.5. The van der Waals surface area contributed by atoms with Gasteiger partial charge in [-0.05, 0) is 50.6 Å². The minimum Gasteiger partial charge on any atom is -0.495 e. The summed E-state index contributed by atoms with van der Waals surface area (Å²) in [6, 6.07) is 11.0. The molecule has 0 saturated carbocycles. The molecule has 8 heteroatoms. The molecule has 152 valence electrons. The van der Waals surface area contributed by atoms with Crippen molar-refractivity contribution in [3.63, 3.8) is 0 Å². The van der Waals surface area contributed by atoms with Crippen molar-refractivity contribution in [3.8, 4) is 5.75 Å². The summed E-state index contributed by atoms with van der Waals surface area (Å²) in [5.74, 6) is -0.108. The molecule has 2 aromatic rings. The first-order valence-corrected chi connectivity index (χ1v) is 10.7. The van der Waals surface area contributed by atoms with Gasteiger partial charge in [0, 0.05) is 11.1 Å². The van der Waals surface area contributed by atoms with Crippen molar-refractivity contribution < 1.29 is 17.9 Å². The van der Waals surface area contributed by atoms with E-state index in [-0.39, 0.29) is 16.6 Å². The van der Waals surface area contributed by atoms with Crippen LogP contribution in [0, 0.1) is 6.92 Å². The van der Waals surface area contributed by atoms with E-state index < -0.39 is 22.5 Å². The van der Waals surface area contributed by atoms with Crippen LogP contribution in [0.25, 0.3) is 0 Å². The fourth-order valence-corrected chi connectivity index (χ4v) is 4.14. The molecule has 0 aromatic heterocycles. The highest BCUT2D eigenvalue weighted by molar-refractivity contribution is 7.92. The third-order valence-corrected chi connectivity index (χ3v) is 6.33. The van der Waals surface area contributed by atoms with Gasteiger partial charge in [0.2, 0.25) is 5.91 Å². The van der Waals surface area contributed by atoms with Crippen LogP contribution in [0.1, 0.15) is 25.8 Å². The number of hydrogen-bond acceptors (Lipinski definition) is 4. The van der Waals surface area contributed by atoms with Gasteiger partial charge in [-0.15, -0.1) is 0 Å². The minimum absolute atomic E-state index is 0.0716. The molecule has 6 nitrogen and oxygen atoms in total. The average Bonchev–Trinajstić information content (AvgIpc) is 2.66. The molecular formula is C20H25ClN2O4S. The maximum Gasteiger partial charge on any atom is 0.264 e. The zero-order chi connectivity index (χ0) is 20.9. The number of hydrogen-bond donors (Lipinski definition) is 1. The molecule has 1 atom stereocenters. The normalized spacial score (nSPS) is 12.3. The lowest BCUT2D eigenvalue weighted by atomic mass is 10.2. The third-order valence-electron chi connectivity index (χ3n) is 4.33. The molecule has 0 radical (unpaired) electrons. The van der Waals surface area contributed by atoms with Gasteiger partial charge in [-0.3, -0.25) is 9.10 Å². The number of amides is 1. The summed E-state index contributed by atoms with van der Waals surface area (Å²) in [5, 5.41) is 3.13. The number of benzene rings is 2. The summed E-state index contributed by atoms with van der Waals surface area (Å²) < 4.78 is 33.1. The molecule has 0 aliphatic heterocycles. The number of ether oxygens (including phenoxy) is 1. The zero-order valence-electron chi connectivity index (χ0n) is 16.4. The lowest BCUT2D eigenvalue weighted by Crippen LogP contribution is -2.43. The number of anilines is 1. The molecule has 0 aliphatic carbocycles. The van der Waals surface area contributed by atoms with E-state index in [1.165, 1.54) is 25.3 Å². The van der Waals surface area contributed by atoms with E-state index in [0.29, 0.717) is 10.8 Å². The molecule has 0 unspecified atom stereocenters. The predicted molar refractivity (Wildman–Crippen MR) is 112 cm³/mol. The molecule has 0 aliphatic rings. The number of carbonyl (C=O) groups is 1. The Labute approximate surface area is 171 Å². The monoisotopic (exact) mass is 424 g/mol. The Balaban J connectivity index is 2.54. The number of nitrogens with zero attached hydrogens (tertiary/aromatic N) is 1. The molecule has 2 aromatic carbocycles. The number of halogens is 1. The number of rotatable bonds is 8. The number of methoxy groups -OCH3 is 1. The first-order chi connectivity index (χ1) is 13.2. The lowest BCUT2D eigenvalue weighted by Gasteiger charge is -2.26. The van der Waals surface area contributed by atoms with E-state index in [1.54, 1.807) is 24.3 Å². The van der Waals surface area contributed by atoms with E-state index in [1.807, 2.05) is 20.8 Å². The van der Waals surface area contributed by atoms with Gasteiger partial charge in [0.05, 0.1) is 17.7 Å². The van der Waals surface area contributed by atoms with Crippen LogP contribution >= 0.6 is 11.6 Å². The van der Waals surface area contributed by atoms with Crippen molar-refractivity contribution in [2.24, 2.45) is 0 Å². The van der Waals surface area contributed by atoms with Crippen molar-refractivity contribution in [1.29, 1.82) is 0 Å². The second kappa shape index (κ2) is 9.30. The fraction of sp³-hybridized carbons (Fsp3) is 0.350. The Kier molecular flexibility index (Phi) is 7.32. The van der Waals surface area contributed by atoms with Crippen molar-refractivity contribution in [1.82, 2.24) is 5.32 Å². The topological polar surface area (TPSA) is 75.7 Å². The molecule has 1 amide bonds. The second-order valence-electron chi connectivity index (χ2n) is 6.52. The van der Waals surface area contributed by atoms with Crippen molar-refractivity contribution in [2.45, 2.75) is 38.1 Å². The lowest BCUT2D eigenvalue weighted by molar-refractivity contribution is -0.120. The molecular weight excluding hydrogens is 400 g/mol. The molecule has 0 saturated heterocycles. The Morgan fingerprint density at radius 2 is 1.86 bits per heavy atom. The molecule has 28 heavy (non-hydrogen) atoms. The van der Waals surface area contributed by atoms with E-state index >= 15 is 0 Å². The summed E-state index contributed by atoms with van der Waals surface area (Å²) in [6.45, 7) is 5.27. The fourth-order valence-electron chi connectivity index (χ4n) is 2.55. The first kappa shape index (κ1) is 22.0. The quantitative estimate of drug-likeness (QED) is 0.699. The van der Waals surface area contributed by atoms with Crippen molar-refractivity contribution in [2.75, 3.05) is 18.0 Å². The van der Waals surface area contributed by atoms with Gasteiger partial charge in [-0.1, -0.05) is 36.2 Å². The SMILES string of the molecule is CC[C@@H](C)NC(=O)CN(c1cc(Cl)ccc1OC)S(=O)(=O)c1ccc(C)cc1. The highest BCUT2D eigenvalue weighted by Gasteiger charge is 2.30. The van der Waals surface area contributed by atoms with Gasteiger partial charge in [0.25, 0.3) is 10.0 Å². The summed E-state index contributed by atoms with van der Waals surface area (Å²) in [7, 11) is -2.59. The third kappa shape index (κ3) is 5.17. The summed E-state index contributed by atoms with van der Waals surface area (Å²) >= 11 is 6.10. The molecule has 2 rings (SSSR count). The number of carbonyl (C=O) groups excluding carboxylic acids is 1. The average molecular weight is 425 g/mol. The van der Waals surface area contributed by atoms with Gasteiger partial charge < -0.3 is 10.1 Å². The summed E-state index contributed by atoms with van der Waals surface area (Å²) in [5.41, 5.74) is 1.13. The van der Waals surface area contributed by atoms with Crippen LogP contribution in [0.15, 0.2) is 47.4 Å². The van der Waals surface area contributed by atoms with Crippen LogP contribution in [0.5, 0.6) is 5.75 Å². The van der Waals surface area contributed by atoms with Crippen LogP contribution < -0.4 is 14.4 Å². The standard InChI is InChI=1S/C20H25ClN2O4S/c1-5-15(3)22-20(24)13-23(18-12-16(21)8-11-19(18)27-4)28(25,26)17-9-6-14(2)7-10-17/h6-12,15H,5,13H2,1-4H3,(H,22,24)/t15-/m1/s1. The van der Waals surface area contributed by atoms with E-state index in [2.05, 4.69) is 5.32 Å². The molecule has 0 bridgehead atoms. The maximum atomic E-state index is 13.4. The number of nitrogens with one attached hydrogen (secondary N) is 1. The molecule has 0 spiro atoms. The number of sulfonamides is 1. The summed E-state index contributed by atoms with van der Waals surface area (Å²) in [4.78, 5) is 12.6. The van der Waals surface area contributed by atoms with Gasteiger partial charge in [0.15, 0.2) is 0 Å². The Hall–Kier alpha value is -2.25. The van der Waals surface area contributed by atoms with E-state index in [0.717, 1.165) is 16.3 Å². The van der Waals surface area contributed by atoms with Crippen LogP contribution in [0.3, 0.4) is 0 Å². The van der Waals surface area contributed by atoms with Crippen LogP contribution in [0.2, 0.25) is 5.02 Å². The predicted octanol–water partition coefficient (Wildman–Crippen LogP) is 3.77. The van der Waals surface area contributed by atoms with Gasteiger partial charge >= 0.3 is 0 Å². The van der Waals surface area contributed by atoms with E-state index in [9.17, 15) is 13.2 Å². The first-order valence-electron chi connectivity index (χ1n) is 8.91. The van der Waals surface area contributed by atoms with Gasteiger partial charge in [0.1, 0.15) is 12.3 Å². The van der Waals surface area contributed by atoms with Crippen LogP contribution in [0.4, 0.5) is 5.69 Å². The van der Waals surface area contributed by atoms with Crippen molar-refractivity contribution >= 4 is 33.2 Å². The Bertz CT molecular complexity index is 930. The smallest absolute Gasteiger partial charge is 0.264 e. The largest absolute Gasteiger partial charge is 0.495 e. The van der Waals surface area contributed by atoms with Crippen molar-refractivity contribution in [3.05, 3.63) is 53.1 Å². The summed E-state index contributed by atoms with van der Waals surface area (Å²) in [6.07, 6.45) is 0.733. The Morgan fingerprint density at radius 3 is 2.43 bits per heavy atom. The maximum absolute atomic E-state index is 13.4. The van der Waals surface area contributed by atoms with Gasteiger partial charge in [-0.25, -0.2) is 8.42 Å². The van der Waals surface area contributed by atoms with Crippen LogP contribution in [-0.4, -0.2) is 34.0 Å². The highest BCUT2D eigenvalue weighted by Crippen LogP contribution is 2.34. The minimum atomic E-state index is -4.02. The molecule has 0 fully saturated rings. The number of aryl methyl sites for hydroxylation is 1. The molecule has 0 heterocycles.